The molecule has 0 saturated heterocycles. The van der Waals surface area contributed by atoms with Crippen molar-refractivity contribution in [1.29, 1.82) is 0 Å². The summed E-state index contributed by atoms with van der Waals surface area (Å²) in [6.45, 7) is 2.05. The highest BCUT2D eigenvalue weighted by atomic mass is 79.9. The van der Waals surface area contributed by atoms with Gasteiger partial charge in [-0.2, -0.15) is 5.10 Å². The standard InChI is InChI=1S/C16H17BrN4/c1-3-14-15(18)16(21(2)20-14)19-13-7-5-10-8-12(17)6-4-11(10)9-13/h4-9,19H,3,18H2,1-2H3. The summed E-state index contributed by atoms with van der Waals surface area (Å²) in [6.07, 6.45) is 0.826. The zero-order valence-corrected chi connectivity index (χ0v) is 13.6. The summed E-state index contributed by atoms with van der Waals surface area (Å²) >= 11 is 3.49. The van der Waals surface area contributed by atoms with Crippen molar-refractivity contribution in [3.63, 3.8) is 0 Å². The van der Waals surface area contributed by atoms with Gasteiger partial charge in [0.25, 0.3) is 0 Å². The molecule has 21 heavy (non-hydrogen) atoms. The third-order valence-corrected chi connectivity index (χ3v) is 4.05. The second-order valence-corrected chi connectivity index (χ2v) is 5.93. The number of halogens is 1. The van der Waals surface area contributed by atoms with Gasteiger partial charge >= 0.3 is 0 Å². The number of rotatable bonds is 3. The third kappa shape index (κ3) is 2.61. The molecular formula is C16H17BrN4. The van der Waals surface area contributed by atoms with Gasteiger partial charge in [0.05, 0.1) is 11.4 Å². The van der Waals surface area contributed by atoms with E-state index >= 15 is 0 Å². The highest BCUT2D eigenvalue weighted by Gasteiger charge is 2.12. The van der Waals surface area contributed by atoms with Gasteiger partial charge in [-0.05, 0) is 41.5 Å². The van der Waals surface area contributed by atoms with E-state index < -0.39 is 0 Å². The zero-order valence-electron chi connectivity index (χ0n) is 12.0. The molecule has 0 saturated carbocycles. The third-order valence-electron chi connectivity index (χ3n) is 3.56. The fourth-order valence-corrected chi connectivity index (χ4v) is 2.82. The van der Waals surface area contributed by atoms with Gasteiger partial charge in [0.15, 0.2) is 5.82 Å². The molecule has 1 heterocycles. The Morgan fingerprint density at radius 1 is 1.19 bits per heavy atom. The van der Waals surface area contributed by atoms with Gasteiger partial charge in [-0.15, -0.1) is 0 Å². The molecule has 0 aliphatic heterocycles. The van der Waals surface area contributed by atoms with Crippen LogP contribution < -0.4 is 11.1 Å². The average molecular weight is 345 g/mol. The summed E-state index contributed by atoms with van der Waals surface area (Å²) in [7, 11) is 1.90. The predicted octanol–water partition coefficient (Wildman–Crippen LogP) is 4.22. The molecule has 5 heteroatoms. The van der Waals surface area contributed by atoms with Crippen molar-refractivity contribution in [2.24, 2.45) is 7.05 Å². The number of benzene rings is 2. The number of nitrogen functional groups attached to an aromatic ring is 1. The summed E-state index contributed by atoms with van der Waals surface area (Å²) in [5.74, 6) is 0.836. The minimum absolute atomic E-state index is 0.718. The maximum Gasteiger partial charge on any atom is 0.152 e. The van der Waals surface area contributed by atoms with E-state index in [-0.39, 0.29) is 0 Å². The van der Waals surface area contributed by atoms with Gasteiger partial charge in [-0.25, -0.2) is 0 Å². The molecule has 3 N–H and O–H groups in total. The number of anilines is 3. The lowest BCUT2D eigenvalue weighted by molar-refractivity contribution is 0.753. The average Bonchev–Trinajstić information content (AvgIpc) is 2.75. The Kier molecular flexibility index (Phi) is 3.59. The summed E-state index contributed by atoms with van der Waals surface area (Å²) in [5, 5.41) is 10.2. The Hall–Kier alpha value is -2.01. The number of nitrogens with zero attached hydrogens (tertiary/aromatic N) is 2. The number of fused-ring (bicyclic) bond motifs is 1. The Bertz CT molecular complexity index is 807. The van der Waals surface area contributed by atoms with Gasteiger partial charge in [0.2, 0.25) is 0 Å². The van der Waals surface area contributed by atoms with Crippen LogP contribution in [0.4, 0.5) is 17.2 Å². The minimum Gasteiger partial charge on any atom is -0.394 e. The molecule has 0 aliphatic carbocycles. The first-order valence-electron chi connectivity index (χ1n) is 6.86. The number of nitrogens with two attached hydrogens (primary N) is 1. The minimum atomic E-state index is 0.718. The lowest BCUT2D eigenvalue weighted by atomic mass is 10.1. The number of aryl methyl sites for hydroxylation is 2. The van der Waals surface area contributed by atoms with Crippen molar-refractivity contribution >= 4 is 43.9 Å². The van der Waals surface area contributed by atoms with Crippen LogP contribution in [0, 0.1) is 0 Å². The molecule has 4 nitrogen and oxygen atoms in total. The van der Waals surface area contributed by atoms with Crippen LogP contribution in [0.15, 0.2) is 40.9 Å². The molecule has 3 aromatic rings. The van der Waals surface area contributed by atoms with E-state index in [0.717, 1.165) is 33.8 Å². The molecule has 0 amide bonds. The topological polar surface area (TPSA) is 55.9 Å². The maximum absolute atomic E-state index is 6.14. The lowest BCUT2D eigenvalue weighted by Crippen LogP contribution is -2.01. The summed E-state index contributed by atoms with van der Waals surface area (Å²) in [4.78, 5) is 0. The van der Waals surface area contributed by atoms with Gasteiger partial charge in [0, 0.05) is 17.2 Å². The van der Waals surface area contributed by atoms with E-state index in [1.54, 1.807) is 4.68 Å². The van der Waals surface area contributed by atoms with Crippen molar-refractivity contribution in [1.82, 2.24) is 9.78 Å². The monoisotopic (exact) mass is 344 g/mol. The van der Waals surface area contributed by atoms with Gasteiger partial charge in [-0.3, -0.25) is 4.68 Å². The van der Waals surface area contributed by atoms with Gasteiger partial charge in [-0.1, -0.05) is 35.0 Å². The molecule has 3 rings (SSSR count). The SMILES string of the molecule is CCc1nn(C)c(Nc2ccc3cc(Br)ccc3c2)c1N. The van der Waals surface area contributed by atoms with Crippen molar-refractivity contribution in [2.45, 2.75) is 13.3 Å². The molecule has 1 aromatic heterocycles. The van der Waals surface area contributed by atoms with Crippen molar-refractivity contribution < 1.29 is 0 Å². The number of aromatic nitrogens is 2. The maximum atomic E-state index is 6.14. The van der Waals surface area contributed by atoms with Crippen molar-refractivity contribution in [3.05, 3.63) is 46.6 Å². The highest BCUT2D eigenvalue weighted by Crippen LogP contribution is 2.28. The second-order valence-electron chi connectivity index (χ2n) is 5.02. The van der Waals surface area contributed by atoms with Crippen LogP contribution in [0.2, 0.25) is 0 Å². The van der Waals surface area contributed by atoms with Crippen molar-refractivity contribution in [3.8, 4) is 0 Å². The highest BCUT2D eigenvalue weighted by molar-refractivity contribution is 9.10. The summed E-state index contributed by atoms with van der Waals surface area (Å²) in [6, 6.07) is 12.5. The first-order chi connectivity index (χ1) is 10.1. The van der Waals surface area contributed by atoms with Crippen LogP contribution in [0.3, 0.4) is 0 Å². The normalized spacial score (nSPS) is 11.0. The molecule has 0 spiro atoms. The molecule has 0 atom stereocenters. The summed E-state index contributed by atoms with van der Waals surface area (Å²) in [5.41, 5.74) is 8.78. The van der Waals surface area contributed by atoms with E-state index in [0.29, 0.717) is 0 Å². The van der Waals surface area contributed by atoms with Crippen LogP contribution in [0.1, 0.15) is 12.6 Å². The van der Waals surface area contributed by atoms with E-state index in [1.807, 2.05) is 19.2 Å². The quantitative estimate of drug-likeness (QED) is 0.747. The molecule has 0 aliphatic rings. The summed E-state index contributed by atoms with van der Waals surface area (Å²) < 4.78 is 2.87. The van der Waals surface area contributed by atoms with Crippen molar-refractivity contribution in [2.75, 3.05) is 11.1 Å². The largest absolute Gasteiger partial charge is 0.394 e. The Balaban J connectivity index is 1.98. The smallest absolute Gasteiger partial charge is 0.152 e. The lowest BCUT2D eigenvalue weighted by Gasteiger charge is -2.09. The number of hydrogen-bond donors (Lipinski definition) is 2. The van der Waals surface area contributed by atoms with E-state index in [2.05, 4.69) is 57.5 Å². The predicted molar refractivity (Wildman–Crippen MR) is 91.9 cm³/mol. The van der Waals surface area contributed by atoms with Crippen LogP contribution >= 0.6 is 15.9 Å². The number of hydrogen-bond acceptors (Lipinski definition) is 3. The Morgan fingerprint density at radius 3 is 2.62 bits per heavy atom. The van der Waals surface area contributed by atoms with E-state index in [1.165, 1.54) is 10.8 Å². The number of nitrogens with one attached hydrogen (secondary N) is 1. The van der Waals surface area contributed by atoms with Crippen LogP contribution in [0.5, 0.6) is 0 Å². The van der Waals surface area contributed by atoms with E-state index in [9.17, 15) is 0 Å². The zero-order chi connectivity index (χ0) is 15.0. The Labute approximate surface area is 132 Å². The first kappa shape index (κ1) is 13.9. The molecule has 0 fully saturated rings. The molecule has 108 valence electrons. The van der Waals surface area contributed by atoms with Gasteiger partial charge in [0.1, 0.15) is 0 Å². The van der Waals surface area contributed by atoms with E-state index in [4.69, 9.17) is 5.73 Å². The second kappa shape index (κ2) is 5.41. The van der Waals surface area contributed by atoms with Crippen LogP contribution in [0.25, 0.3) is 10.8 Å². The fraction of sp³-hybridized carbons (Fsp3) is 0.188. The molecule has 2 aromatic carbocycles. The molecule has 0 unspecified atom stereocenters. The van der Waals surface area contributed by atoms with Crippen LogP contribution in [-0.4, -0.2) is 9.78 Å². The first-order valence-corrected chi connectivity index (χ1v) is 7.65. The fourth-order valence-electron chi connectivity index (χ4n) is 2.44. The molecule has 0 bridgehead atoms. The molecular weight excluding hydrogens is 328 g/mol. The van der Waals surface area contributed by atoms with Crippen LogP contribution in [-0.2, 0) is 13.5 Å². The van der Waals surface area contributed by atoms with Gasteiger partial charge < -0.3 is 11.1 Å². The molecule has 0 radical (unpaired) electrons. The Morgan fingerprint density at radius 2 is 1.90 bits per heavy atom.